The summed E-state index contributed by atoms with van der Waals surface area (Å²) in [5.74, 6) is 1.70. The van der Waals surface area contributed by atoms with E-state index in [1.165, 1.54) is 25.7 Å². The molecule has 4 unspecified atom stereocenters. The van der Waals surface area contributed by atoms with Crippen molar-refractivity contribution >= 4 is 0 Å². The predicted molar refractivity (Wildman–Crippen MR) is 156 cm³/mol. The molecule has 41 heavy (non-hydrogen) atoms. The number of hydrogen-bond acceptors (Lipinski definition) is 7. The number of rotatable bonds is 4. The molecule has 2 saturated heterocycles. The van der Waals surface area contributed by atoms with Gasteiger partial charge in [-0.05, 0) is 111 Å². The fraction of sp³-hybridized carbons (Fsp3) is 1.00. The van der Waals surface area contributed by atoms with Crippen molar-refractivity contribution in [3.05, 3.63) is 0 Å². The molecule has 0 radical (unpaired) electrons. The normalized spacial score (nSPS) is 56.5. The van der Waals surface area contributed by atoms with Crippen molar-refractivity contribution < 1.29 is 29.5 Å². The molecule has 0 aromatic rings. The van der Waals surface area contributed by atoms with Crippen molar-refractivity contribution in [2.24, 2.45) is 50.7 Å². The van der Waals surface area contributed by atoms with Crippen molar-refractivity contribution in [3.8, 4) is 0 Å². The van der Waals surface area contributed by atoms with Crippen LogP contribution in [0, 0.1) is 50.7 Å². The summed E-state index contributed by atoms with van der Waals surface area (Å²) in [4.78, 5) is 0. The maximum atomic E-state index is 12.3. The Labute approximate surface area is 247 Å². The molecule has 5 saturated carbocycles. The van der Waals surface area contributed by atoms with Gasteiger partial charge in [-0.3, -0.25) is 0 Å². The van der Waals surface area contributed by atoms with Crippen LogP contribution in [-0.4, -0.2) is 77.4 Å². The molecule has 5 aliphatic carbocycles. The molecule has 7 heteroatoms. The van der Waals surface area contributed by atoms with Crippen LogP contribution in [0.1, 0.15) is 99.8 Å². The van der Waals surface area contributed by atoms with Crippen LogP contribution in [0.3, 0.4) is 0 Å². The first kappa shape index (κ1) is 29.4. The van der Waals surface area contributed by atoms with Gasteiger partial charge in [0.15, 0.2) is 6.29 Å². The third-order valence-electron chi connectivity index (χ3n) is 15.1. The number of nitrogens with one attached hydrogen (secondary N) is 1. The lowest BCUT2D eigenvalue weighted by Crippen LogP contribution is -2.60. The second-order valence-electron chi connectivity index (χ2n) is 17.3. The molecule has 0 amide bonds. The molecular weight excluding hydrogens is 518 g/mol. The van der Waals surface area contributed by atoms with Gasteiger partial charge in [0, 0.05) is 18.5 Å². The van der Waals surface area contributed by atoms with Gasteiger partial charge in [0.2, 0.25) is 0 Å². The van der Waals surface area contributed by atoms with Gasteiger partial charge in [-0.1, -0.05) is 34.6 Å². The van der Waals surface area contributed by atoms with Gasteiger partial charge in [-0.2, -0.15) is 0 Å². The molecule has 4 N–H and O–H groups in total. The Morgan fingerprint density at radius 2 is 1.71 bits per heavy atom. The van der Waals surface area contributed by atoms with Crippen LogP contribution in [-0.2, 0) is 14.2 Å². The fourth-order valence-corrected chi connectivity index (χ4v) is 13.0. The van der Waals surface area contributed by atoms with Crippen molar-refractivity contribution in [3.63, 3.8) is 0 Å². The molecule has 2 spiro atoms. The van der Waals surface area contributed by atoms with Crippen molar-refractivity contribution in [1.82, 2.24) is 5.32 Å². The first-order chi connectivity index (χ1) is 19.1. The third kappa shape index (κ3) is 3.69. The maximum Gasteiger partial charge on any atom is 0.170 e. The summed E-state index contributed by atoms with van der Waals surface area (Å²) in [6, 6.07) is 0. The second-order valence-corrected chi connectivity index (χ2v) is 17.3. The van der Waals surface area contributed by atoms with Gasteiger partial charge >= 0.3 is 0 Å². The minimum absolute atomic E-state index is 0.00512. The number of aliphatic hydroxyl groups is 3. The van der Waals surface area contributed by atoms with Crippen LogP contribution in [0.15, 0.2) is 0 Å². The van der Waals surface area contributed by atoms with Gasteiger partial charge in [-0.15, -0.1) is 0 Å². The zero-order valence-electron chi connectivity index (χ0n) is 26.6. The van der Waals surface area contributed by atoms with E-state index < -0.39 is 23.9 Å². The molecule has 7 fully saturated rings. The molecular formula is C34H57NO6. The second kappa shape index (κ2) is 9.14. The SMILES string of the molecule is C[C@@H]1CC([C@H](O)C(C)(C)O)OC2[C@H]1[C@@]1(C)CC[C@@]34C[C@@]35CCC(O[C@H]3CNCCO3)C(C)(C)[C@@H]5CCC4[C@]1(C)[C@H]2O. The van der Waals surface area contributed by atoms with Crippen LogP contribution < -0.4 is 5.32 Å². The Morgan fingerprint density at radius 3 is 2.39 bits per heavy atom. The lowest BCUT2D eigenvalue weighted by atomic mass is 9.41. The van der Waals surface area contributed by atoms with Gasteiger partial charge in [0.25, 0.3) is 0 Å². The molecule has 2 aliphatic heterocycles. The summed E-state index contributed by atoms with van der Waals surface area (Å²) in [6.07, 6.45) is 6.92. The van der Waals surface area contributed by atoms with Crippen LogP contribution >= 0.6 is 0 Å². The van der Waals surface area contributed by atoms with Crippen LogP contribution in [0.5, 0.6) is 0 Å². The summed E-state index contributed by atoms with van der Waals surface area (Å²) in [7, 11) is 0. The number of morpholine rings is 1. The molecule has 2 heterocycles. The van der Waals surface area contributed by atoms with E-state index in [1.54, 1.807) is 13.8 Å². The van der Waals surface area contributed by atoms with Gasteiger partial charge in [0.1, 0.15) is 6.10 Å². The highest BCUT2D eigenvalue weighted by Gasteiger charge is 2.84. The van der Waals surface area contributed by atoms with E-state index in [0.717, 1.165) is 45.4 Å². The molecule has 0 aromatic carbocycles. The number of aliphatic hydroxyl groups excluding tert-OH is 2. The Hall–Kier alpha value is -0.280. The van der Waals surface area contributed by atoms with E-state index in [4.69, 9.17) is 14.2 Å². The Bertz CT molecular complexity index is 1040. The van der Waals surface area contributed by atoms with Gasteiger partial charge < -0.3 is 34.8 Å². The first-order valence-electron chi connectivity index (χ1n) is 16.9. The van der Waals surface area contributed by atoms with Gasteiger partial charge in [0.05, 0.1) is 36.6 Å². The van der Waals surface area contributed by atoms with Crippen LogP contribution in [0.25, 0.3) is 0 Å². The van der Waals surface area contributed by atoms with E-state index in [2.05, 4.69) is 39.9 Å². The predicted octanol–water partition coefficient (Wildman–Crippen LogP) is 4.26. The lowest BCUT2D eigenvalue weighted by Gasteiger charge is -2.64. The van der Waals surface area contributed by atoms with Crippen LogP contribution in [0.4, 0.5) is 0 Å². The molecule has 0 bridgehead atoms. The topological polar surface area (TPSA) is 100 Å². The standard InChI is InChI=1S/C34H57NO6/c1-19-16-20(27(36)30(4,5)38)40-26-25(19)31(6)12-13-34-18-33(34)11-10-23(41-24-17-35-14-15-39-24)29(2,3)21(33)8-9-22(34)32(31,7)28(26)37/h19-28,35-38H,8-18H2,1-7H3/t19-,20?,21+,22?,23?,24+,25+,26?,27+,28+,31-,32-,33-,34+/m1/s1. The highest BCUT2D eigenvalue weighted by molar-refractivity contribution is 5.33. The highest BCUT2D eigenvalue weighted by atomic mass is 16.7. The number of hydrogen-bond donors (Lipinski definition) is 4. The summed E-state index contributed by atoms with van der Waals surface area (Å²) >= 11 is 0. The molecule has 7 rings (SSSR count). The van der Waals surface area contributed by atoms with Crippen LogP contribution in [0.2, 0.25) is 0 Å². The summed E-state index contributed by atoms with van der Waals surface area (Å²) in [5, 5.41) is 37.3. The average Bonchev–Trinajstić information content (AvgIpc) is 3.54. The van der Waals surface area contributed by atoms with Gasteiger partial charge in [-0.25, -0.2) is 0 Å². The lowest BCUT2D eigenvalue weighted by molar-refractivity contribution is -0.237. The summed E-state index contributed by atoms with van der Waals surface area (Å²) < 4.78 is 19.3. The zero-order valence-corrected chi connectivity index (χ0v) is 26.6. The molecule has 234 valence electrons. The molecule has 0 aromatic heterocycles. The highest BCUT2D eigenvalue weighted by Crippen LogP contribution is 2.89. The summed E-state index contributed by atoms with van der Waals surface area (Å²) in [6.45, 7) is 17.8. The first-order valence-corrected chi connectivity index (χ1v) is 16.9. The largest absolute Gasteiger partial charge is 0.390 e. The zero-order chi connectivity index (χ0) is 29.4. The summed E-state index contributed by atoms with van der Waals surface area (Å²) in [5.41, 5.74) is -0.714. The third-order valence-corrected chi connectivity index (χ3v) is 15.1. The molecule has 7 aliphatic rings. The van der Waals surface area contributed by atoms with E-state index in [9.17, 15) is 15.3 Å². The smallest absolute Gasteiger partial charge is 0.170 e. The Morgan fingerprint density at radius 1 is 1.00 bits per heavy atom. The van der Waals surface area contributed by atoms with E-state index >= 15 is 0 Å². The van der Waals surface area contributed by atoms with E-state index in [1.807, 2.05) is 0 Å². The van der Waals surface area contributed by atoms with Crippen molar-refractivity contribution in [2.45, 2.75) is 142 Å². The van der Waals surface area contributed by atoms with Crippen molar-refractivity contribution in [2.75, 3.05) is 19.7 Å². The van der Waals surface area contributed by atoms with E-state index in [0.29, 0.717) is 28.6 Å². The quantitative estimate of drug-likeness (QED) is 0.398. The average molecular weight is 576 g/mol. The fourth-order valence-electron chi connectivity index (χ4n) is 13.0. The van der Waals surface area contributed by atoms with E-state index in [-0.39, 0.29) is 40.7 Å². The maximum absolute atomic E-state index is 12.3. The Kier molecular flexibility index (Phi) is 6.56. The molecule has 14 atom stereocenters. The minimum atomic E-state index is -1.24. The number of fused-ring (bicyclic) bond motifs is 4. The minimum Gasteiger partial charge on any atom is -0.390 e. The monoisotopic (exact) mass is 575 g/mol. The molecule has 7 nitrogen and oxygen atoms in total. The Balaban J connectivity index is 1.16. The van der Waals surface area contributed by atoms with Crippen molar-refractivity contribution in [1.29, 1.82) is 0 Å². The number of ether oxygens (including phenoxy) is 3.